The molecule has 0 aliphatic rings. The normalized spacial score (nSPS) is 9.08. The van der Waals surface area contributed by atoms with Crippen LogP contribution in [0.3, 0.4) is 0 Å². The van der Waals surface area contributed by atoms with E-state index in [-0.39, 0.29) is 5.91 Å². The summed E-state index contributed by atoms with van der Waals surface area (Å²) < 4.78 is 0. The second-order valence-electron chi connectivity index (χ2n) is 2.44. The van der Waals surface area contributed by atoms with E-state index < -0.39 is 0 Å². The van der Waals surface area contributed by atoms with Crippen LogP contribution in [0.1, 0.15) is 5.56 Å². The zero-order valence-electron chi connectivity index (χ0n) is 6.87. The molecule has 0 aliphatic carbocycles. The highest BCUT2D eigenvalue weighted by molar-refractivity contribution is 5.98. The molecule has 1 heterocycles. The summed E-state index contributed by atoms with van der Waals surface area (Å²) in [5.41, 5.74) is 1.71. The summed E-state index contributed by atoms with van der Waals surface area (Å²) in [5, 5.41) is 2.61. The second-order valence-corrected chi connectivity index (χ2v) is 2.44. The van der Waals surface area contributed by atoms with Crippen LogP contribution in [-0.4, -0.2) is 10.9 Å². The van der Waals surface area contributed by atoms with E-state index in [4.69, 9.17) is 0 Å². The highest BCUT2D eigenvalue weighted by Gasteiger charge is 1.95. The molecule has 1 amide bonds. The highest BCUT2D eigenvalue weighted by atomic mass is 16.1. The number of nitrogens with one attached hydrogen (secondary N) is 1. The molecule has 12 heavy (non-hydrogen) atoms. The average Bonchev–Trinajstić information content (AvgIpc) is 2.04. The number of nitrogens with zero attached hydrogens (tertiary/aromatic N) is 1. The number of carbonyl (C=O) groups excluding carboxylic acids is 1. The molecule has 62 valence electrons. The Balaban J connectivity index is 2.76. The van der Waals surface area contributed by atoms with Crippen LogP contribution in [0.25, 0.3) is 0 Å². The van der Waals surface area contributed by atoms with Crippen molar-refractivity contribution in [1.82, 2.24) is 4.98 Å². The van der Waals surface area contributed by atoms with Crippen molar-refractivity contribution in [2.45, 2.75) is 6.92 Å². The largest absolute Gasteiger partial charge is 0.321 e. The van der Waals surface area contributed by atoms with Gasteiger partial charge < -0.3 is 5.32 Å². The first-order valence-corrected chi connectivity index (χ1v) is 3.57. The van der Waals surface area contributed by atoms with E-state index >= 15 is 0 Å². The third-order valence-corrected chi connectivity index (χ3v) is 1.33. The van der Waals surface area contributed by atoms with Gasteiger partial charge in [-0.05, 0) is 24.6 Å². The average molecular weight is 162 g/mol. The SMILES string of the molecule is C=CC(=O)Nc1cncc(C)c1. The van der Waals surface area contributed by atoms with Crippen molar-refractivity contribution in [1.29, 1.82) is 0 Å². The summed E-state index contributed by atoms with van der Waals surface area (Å²) >= 11 is 0. The third-order valence-electron chi connectivity index (χ3n) is 1.33. The van der Waals surface area contributed by atoms with Gasteiger partial charge in [-0.25, -0.2) is 0 Å². The Morgan fingerprint density at radius 3 is 3.00 bits per heavy atom. The van der Waals surface area contributed by atoms with Gasteiger partial charge in [-0.3, -0.25) is 9.78 Å². The fourth-order valence-electron chi connectivity index (χ4n) is 0.817. The van der Waals surface area contributed by atoms with Crippen molar-refractivity contribution >= 4 is 11.6 Å². The van der Waals surface area contributed by atoms with Crippen LogP contribution >= 0.6 is 0 Å². The minimum absolute atomic E-state index is 0.220. The first-order chi connectivity index (χ1) is 5.72. The predicted molar refractivity (Wildman–Crippen MR) is 47.8 cm³/mol. The molecule has 0 unspecified atom stereocenters. The Bertz CT molecular complexity index is 307. The van der Waals surface area contributed by atoms with E-state index in [1.54, 1.807) is 12.4 Å². The fourth-order valence-corrected chi connectivity index (χ4v) is 0.817. The van der Waals surface area contributed by atoms with Crippen LogP contribution in [-0.2, 0) is 4.79 Å². The molecule has 0 atom stereocenters. The van der Waals surface area contributed by atoms with Gasteiger partial charge in [0.1, 0.15) is 0 Å². The maximum absolute atomic E-state index is 10.8. The standard InChI is InChI=1S/C9H10N2O/c1-3-9(12)11-8-4-7(2)5-10-6-8/h3-6H,1H2,2H3,(H,11,12). The topological polar surface area (TPSA) is 42.0 Å². The molecule has 1 aromatic heterocycles. The minimum Gasteiger partial charge on any atom is -0.321 e. The number of carbonyl (C=O) groups is 1. The smallest absolute Gasteiger partial charge is 0.247 e. The zero-order chi connectivity index (χ0) is 8.97. The van der Waals surface area contributed by atoms with Crippen molar-refractivity contribution in [3.05, 3.63) is 36.7 Å². The van der Waals surface area contributed by atoms with Crippen molar-refractivity contribution < 1.29 is 4.79 Å². The maximum atomic E-state index is 10.8. The lowest BCUT2D eigenvalue weighted by molar-refractivity contribution is -0.111. The Morgan fingerprint density at radius 1 is 1.67 bits per heavy atom. The van der Waals surface area contributed by atoms with E-state index in [1.807, 2.05) is 13.0 Å². The van der Waals surface area contributed by atoms with Crippen molar-refractivity contribution in [3.8, 4) is 0 Å². The minimum atomic E-state index is -0.220. The molecule has 0 saturated carbocycles. The molecule has 1 N–H and O–H groups in total. The molecule has 0 spiro atoms. The van der Waals surface area contributed by atoms with Gasteiger partial charge in [0.2, 0.25) is 5.91 Å². The lowest BCUT2D eigenvalue weighted by Crippen LogP contribution is -2.07. The van der Waals surface area contributed by atoms with Gasteiger partial charge in [-0.2, -0.15) is 0 Å². The molecule has 0 bridgehead atoms. The fraction of sp³-hybridized carbons (Fsp3) is 0.111. The molecule has 0 aliphatic heterocycles. The maximum Gasteiger partial charge on any atom is 0.247 e. The van der Waals surface area contributed by atoms with E-state index in [1.165, 1.54) is 6.08 Å². The lowest BCUT2D eigenvalue weighted by Gasteiger charge is -2.00. The van der Waals surface area contributed by atoms with Gasteiger partial charge in [0, 0.05) is 6.20 Å². The number of rotatable bonds is 2. The number of aromatic nitrogens is 1. The van der Waals surface area contributed by atoms with E-state index in [2.05, 4.69) is 16.9 Å². The number of pyridine rings is 1. The van der Waals surface area contributed by atoms with Crippen LogP contribution in [0.4, 0.5) is 5.69 Å². The van der Waals surface area contributed by atoms with Crippen LogP contribution in [0.5, 0.6) is 0 Å². The summed E-state index contributed by atoms with van der Waals surface area (Å²) in [6, 6.07) is 1.84. The summed E-state index contributed by atoms with van der Waals surface area (Å²) in [4.78, 5) is 14.8. The zero-order valence-corrected chi connectivity index (χ0v) is 6.87. The van der Waals surface area contributed by atoms with Gasteiger partial charge >= 0.3 is 0 Å². The molecule has 0 radical (unpaired) electrons. The Morgan fingerprint density at radius 2 is 2.42 bits per heavy atom. The van der Waals surface area contributed by atoms with E-state index in [0.29, 0.717) is 5.69 Å². The van der Waals surface area contributed by atoms with Crippen molar-refractivity contribution in [3.63, 3.8) is 0 Å². The Kier molecular flexibility index (Phi) is 2.58. The highest BCUT2D eigenvalue weighted by Crippen LogP contribution is 2.06. The number of hydrogen-bond donors (Lipinski definition) is 1. The summed E-state index contributed by atoms with van der Waals surface area (Å²) in [7, 11) is 0. The number of anilines is 1. The summed E-state index contributed by atoms with van der Waals surface area (Å²) in [6.07, 6.45) is 4.54. The first-order valence-electron chi connectivity index (χ1n) is 3.57. The molecular formula is C9H10N2O. The van der Waals surface area contributed by atoms with Crippen LogP contribution < -0.4 is 5.32 Å². The number of aryl methyl sites for hydroxylation is 1. The molecule has 1 rings (SSSR count). The molecule has 0 saturated heterocycles. The van der Waals surface area contributed by atoms with Crippen molar-refractivity contribution in [2.75, 3.05) is 5.32 Å². The monoisotopic (exact) mass is 162 g/mol. The van der Waals surface area contributed by atoms with Crippen LogP contribution in [0, 0.1) is 6.92 Å². The van der Waals surface area contributed by atoms with Gasteiger partial charge in [-0.1, -0.05) is 6.58 Å². The molecule has 1 aromatic rings. The Labute approximate surface area is 71.1 Å². The van der Waals surface area contributed by atoms with Gasteiger partial charge in [0.05, 0.1) is 11.9 Å². The van der Waals surface area contributed by atoms with Crippen LogP contribution in [0.15, 0.2) is 31.1 Å². The molecule has 3 heteroatoms. The molecular weight excluding hydrogens is 152 g/mol. The van der Waals surface area contributed by atoms with Crippen molar-refractivity contribution in [2.24, 2.45) is 0 Å². The van der Waals surface area contributed by atoms with Gasteiger partial charge in [0.15, 0.2) is 0 Å². The lowest BCUT2D eigenvalue weighted by atomic mass is 10.3. The summed E-state index contributed by atoms with van der Waals surface area (Å²) in [5.74, 6) is -0.220. The Hall–Kier alpha value is -1.64. The van der Waals surface area contributed by atoms with E-state index in [0.717, 1.165) is 5.56 Å². The van der Waals surface area contributed by atoms with Gasteiger partial charge in [-0.15, -0.1) is 0 Å². The van der Waals surface area contributed by atoms with E-state index in [9.17, 15) is 4.79 Å². The molecule has 0 aromatic carbocycles. The quantitative estimate of drug-likeness (QED) is 0.670. The third kappa shape index (κ3) is 2.20. The van der Waals surface area contributed by atoms with Gasteiger partial charge in [0.25, 0.3) is 0 Å². The molecule has 3 nitrogen and oxygen atoms in total. The first kappa shape index (κ1) is 8.46. The second kappa shape index (κ2) is 3.67. The molecule has 0 fully saturated rings. The summed E-state index contributed by atoms with van der Waals surface area (Å²) in [6.45, 7) is 5.26. The number of amides is 1. The predicted octanol–water partition coefficient (Wildman–Crippen LogP) is 1.51. The number of hydrogen-bond acceptors (Lipinski definition) is 2. The van der Waals surface area contributed by atoms with Crippen LogP contribution in [0.2, 0.25) is 0 Å².